The number of halogens is 1. The summed E-state index contributed by atoms with van der Waals surface area (Å²) in [4.78, 5) is 2.16. The number of anilines is 1. The summed E-state index contributed by atoms with van der Waals surface area (Å²) in [5.74, 6) is 2.00. The summed E-state index contributed by atoms with van der Waals surface area (Å²) in [6.45, 7) is 5.25. The minimum absolute atomic E-state index is 0.0651. The predicted molar refractivity (Wildman–Crippen MR) is 97.1 cm³/mol. The van der Waals surface area contributed by atoms with Gasteiger partial charge in [-0.25, -0.2) is 4.39 Å². The highest BCUT2D eigenvalue weighted by Crippen LogP contribution is 2.25. The fraction of sp³-hybridized carbons (Fsp3) is 0.368. The quantitative estimate of drug-likeness (QED) is 0.698. The highest BCUT2D eigenvalue weighted by Gasteiger charge is 2.22. The maximum Gasteiger partial charge on any atom is 0.268 e. The van der Waals surface area contributed by atoms with Crippen molar-refractivity contribution >= 4 is 5.82 Å². The number of aromatic nitrogens is 4. The number of ether oxygens (including phenoxy) is 1. The third-order valence-electron chi connectivity index (χ3n) is 4.61. The predicted octanol–water partition coefficient (Wildman–Crippen LogP) is 3.33. The number of benzene rings is 1. The first kappa shape index (κ1) is 17.4. The Hall–Kier alpha value is -3.03. The summed E-state index contributed by atoms with van der Waals surface area (Å²) in [5, 5.41) is 16.2. The van der Waals surface area contributed by atoms with Gasteiger partial charge in [-0.3, -0.25) is 0 Å². The maximum absolute atomic E-state index is 13.4. The third kappa shape index (κ3) is 3.89. The Bertz CT molecular complexity index is 920. The lowest BCUT2D eigenvalue weighted by Gasteiger charge is -2.32. The van der Waals surface area contributed by atoms with Crippen LogP contribution in [0.3, 0.4) is 0 Å². The second kappa shape index (κ2) is 7.30. The minimum Gasteiger partial charge on any atom is -0.490 e. The summed E-state index contributed by atoms with van der Waals surface area (Å²) in [6, 6.07) is 8.36. The SMILES string of the molecule is Cc1nnc(-c2ccc(N3CCC(Oc4cc(F)ccc4C)CC3)nn2)o1. The number of aryl methyl sites for hydroxylation is 2. The maximum atomic E-state index is 13.4. The molecule has 0 atom stereocenters. The van der Waals surface area contributed by atoms with Crippen molar-refractivity contribution in [2.45, 2.75) is 32.8 Å². The van der Waals surface area contributed by atoms with Crippen LogP contribution in [0.5, 0.6) is 5.75 Å². The molecular weight excluding hydrogens is 349 g/mol. The number of nitrogens with zero attached hydrogens (tertiary/aromatic N) is 5. The molecule has 1 saturated heterocycles. The molecule has 0 unspecified atom stereocenters. The highest BCUT2D eigenvalue weighted by atomic mass is 19.1. The molecule has 0 spiro atoms. The molecule has 2 aromatic heterocycles. The molecule has 3 aromatic rings. The molecule has 27 heavy (non-hydrogen) atoms. The summed E-state index contributed by atoms with van der Waals surface area (Å²) in [7, 11) is 0. The Morgan fingerprint density at radius 2 is 1.85 bits per heavy atom. The van der Waals surface area contributed by atoms with Gasteiger partial charge in [0.1, 0.15) is 23.4 Å². The van der Waals surface area contributed by atoms with Gasteiger partial charge in [0.2, 0.25) is 5.89 Å². The van der Waals surface area contributed by atoms with Gasteiger partial charge >= 0.3 is 0 Å². The van der Waals surface area contributed by atoms with Gasteiger partial charge < -0.3 is 14.1 Å². The van der Waals surface area contributed by atoms with Crippen LogP contribution in [-0.4, -0.2) is 39.6 Å². The Morgan fingerprint density at radius 1 is 1.04 bits per heavy atom. The largest absolute Gasteiger partial charge is 0.490 e. The van der Waals surface area contributed by atoms with Gasteiger partial charge in [0.15, 0.2) is 5.82 Å². The van der Waals surface area contributed by atoms with Crippen LogP contribution in [0.15, 0.2) is 34.7 Å². The van der Waals surface area contributed by atoms with Gasteiger partial charge in [-0.2, -0.15) is 0 Å². The normalized spacial score (nSPS) is 15.1. The zero-order valence-corrected chi connectivity index (χ0v) is 15.2. The van der Waals surface area contributed by atoms with Crippen molar-refractivity contribution in [1.82, 2.24) is 20.4 Å². The van der Waals surface area contributed by atoms with Crippen LogP contribution in [0.2, 0.25) is 0 Å². The summed E-state index contributed by atoms with van der Waals surface area (Å²) in [5.41, 5.74) is 1.50. The van der Waals surface area contributed by atoms with Crippen LogP contribution in [0.1, 0.15) is 24.3 Å². The number of piperidine rings is 1. The van der Waals surface area contributed by atoms with E-state index in [1.807, 2.05) is 19.1 Å². The topological polar surface area (TPSA) is 77.2 Å². The van der Waals surface area contributed by atoms with Crippen LogP contribution < -0.4 is 9.64 Å². The average molecular weight is 369 g/mol. The van der Waals surface area contributed by atoms with Gasteiger partial charge in [0, 0.05) is 38.9 Å². The van der Waals surface area contributed by atoms with Crippen LogP contribution in [0.4, 0.5) is 10.2 Å². The fourth-order valence-electron chi connectivity index (χ4n) is 3.09. The van der Waals surface area contributed by atoms with Gasteiger partial charge in [-0.15, -0.1) is 20.4 Å². The summed E-state index contributed by atoms with van der Waals surface area (Å²) >= 11 is 0. The fourth-order valence-corrected chi connectivity index (χ4v) is 3.09. The Labute approximate surface area is 156 Å². The molecule has 1 aromatic carbocycles. The van der Waals surface area contributed by atoms with Crippen LogP contribution in [0.25, 0.3) is 11.6 Å². The Kier molecular flexibility index (Phi) is 4.70. The van der Waals surface area contributed by atoms with Gasteiger partial charge in [0.25, 0.3) is 5.89 Å². The number of hydrogen-bond acceptors (Lipinski definition) is 7. The highest BCUT2D eigenvalue weighted by molar-refractivity contribution is 5.49. The molecule has 0 saturated carbocycles. The number of hydrogen-bond donors (Lipinski definition) is 0. The van der Waals surface area contributed by atoms with Crippen LogP contribution in [0, 0.1) is 19.7 Å². The van der Waals surface area contributed by atoms with Gasteiger partial charge in [0.05, 0.1) is 0 Å². The third-order valence-corrected chi connectivity index (χ3v) is 4.61. The van der Waals surface area contributed by atoms with E-state index in [1.54, 1.807) is 13.0 Å². The zero-order valence-electron chi connectivity index (χ0n) is 15.2. The molecule has 140 valence electrons. The van der Waals surface area contributed by atoms with Crippen molar-refractivity contribution in [2.24, 2.45) is 0 Å². The lowest BCUT2D eigenvalue weighted by atomic mass is 10.1. The van der Waals surface area contributed by atoms with E-state index in [4.69, 9.17) is 9.15 Å². The Morgan fingerprint density at radius 3 is 2.52 bits per heavy atom. The van der Waals surface area contributed by atoms with E-state index in [9.17, 15) is 4.39 Å². The zero-order chi connectivity index (χ0) is 18.8. The van der Waals surface area contributed by atoms with Crippen molar-refractivity contribution in [3.05, 3.63) is 47.6 Å². The van der Waals surface area contributed by atoms with E-state index in [-0.39, 0.29) is 11.9 Å². The van der Waals surface area contributed by atoms with Crippen LogP contribution >= 0.6 is 0 Å². The molecule has 7 nitrogen and oxygen atoms in total. The molecule has 8 heteroatoms. The van der Waals surface area contributed by atoms with E-state index in [0.29, 0.717) is 23.2 Å². The molecular formula is C19H20FN5O2. The second-order valence-electron chi connectivity index (χ2n) is 6.62. The van der Waals surface area contributed by atoms with Gasteiger partial charge in [-0.05, 0) is 30.7 Å². The van der Waals surface area contributed by atoms with Crippen molar-refractivity contribution in [2.75, 3.05) is 18.0 Å². The van der Waals surface area contributed by atoms with Crippen molar-refractivity contribution in [1.29, 1.82) is 0 Å². The molecule has 0 bridgehead atoms. The molecule has 3 heterocycles. The molecule has 1 aliphatic heterocycles. The average Bonchev–Trinajstić information content (AvgIpc) is 3.12. The first-order chi connectivity index (χ1) is 13.1. The Balaban J connectivity index is 1.37. The van der Waals surface area contributed by atoms with E-state index in [0.717, 1.165) is 37.3 Å². The molecule has 1 fully saturated rings. The van der Waals surface area contributed by atoms with Crippen molar-refractivity contribution in [3.63, 3.8) is 0 Å². The van der Waals surface area contributed by atoms with Crippen LogP contribution in [-0.2, 0) is 0 Å². The standard InChI is InChI=1S/C19H20FN5O2/c1-12-3-4-14(20)11-17(12)27-15-7-9-25(10-8-15)18-6-5-16(22-23-18)19-24-21-13(2)26-19/h3-6,11,15H,7-10H2,1-2H3. The first-order valence-corrected chi connectivity index (χ1v) is 8.90. The molecule has 0 N–H and O–H groups in total. The lowest BCUT2D eigenvalue weighted by Crippen LogP contribution is -2.38. The molecule has 0 aliphatic carbocycles. The van der Waals surface area contributed by atoms with Crippen molar-refractivity contribution in [3.8, 4) is 17.3 Å². The molecule has 4 rings (SSSR count). The lowest BCUT2D eigenvalue weighted by molar-refractivity contribution is 0.169. The summed E-state index contributed by atoms with van der Waals surface area (Å²) < 4.78 is 24.8. The monoisotopic (exact) mass is 369 g/mol. The number of rotatable bonds is 4. The summed E-state index contributed by atoms with van der Waals surface area (Å²) in [6.07, 6.45) is 1.74. The second-order valence-corrected chi connectivity index (χ2v) is 6.62. The van der Waals surface area contributed by atoms with E-state index >= 15 is 0 Å². The van der Waals surface area contributed by atoms with E-state index in [2.05, 4.69) is 25.3 Å². The molecule has 1 aliphatic rings. The van der Waals surface area contributed by atoms with Gasteiger partial charge in [-0.1, -0.05) is 6.07 Å². The minimum atomic E-state index is -0.278. The van der Waals surface area contributed by atoms with Crippen molar-refractivity contribution < 1.29 is 13.5 Å². The smallest absolute Gasteiger partial charge is 0.268 e. The molecule has 0 radical (unpaired) electrons. The first-order valence-electron chi connectivity index (χ1n) is 8.90. The molecule has 0 amide bonds. The van der Waals surface area contributed by atoms with E-state index < -0.39 is 0 Å². The van der Waals surface area contributed by atoms with E-state index in [1.165, 1.54) is 12.1 Å².